The van der Waals surface area contributed by atoms with Crippen molar-refractivity contribution in [2.45, 2.75) is 86.6 Å². The van der Waals surface area contributed by atoms with E-state index in [1.165, 1.54) is 59.5 Å². The molecule has 1 aliphatic rings. The van der Waals surface area contributed by atoms with Crippen molar-refractivity contribution in [1.82, 2.24) is 35.1 Å². The van der Waals surface area contributed by atoms with Crippen molar-refractivity contribution in [3.8, 4) is 5.75 Å². The molecule has 0 bridgehead atoms. The zero-order chi connectivity index (χ0) is 52.1. The fourth-order valence-electron chi connectivity index (χ4n) is 7.82. The van der Waals surface area contributed by atoms with Crippen molar-refractivity contribution < 1.29 is 41.4 Å². The first-order valence-electron chi connectivity index (χ1n) is 23.5. The van der Waals surface area contributed by atoms with Crippen LogP contribution >= 0.6 is 34.3 Å². The summed E-state index contributed by atoms with van der Waals surface area (Å²) < 4.78 is 47.3. The minimum Gasteiger partial charge on any atom is -0.495 e. The van der Waals surface area contributed by atoms with Crippen molar-refractivity contribution >= 4 is 66.2 Å². The number of furan rings is 1. The first-order valence-corrected chi connectivity index (χ1v) is 27.3. The van der Waals surface area contributed by atoms with Gasteiger partial charge in [0.25, 0.3) is 0 Å². The molecule has 0 saturated heterocycles. The number of hydrogen-bond acceptors (Lipinski definition) is 16. The van der Waals surface area contributed by atoms with Gasteiger partial charge < -0.3 is 34.1 Å². The van der Waals surface area contributed by atoms with Crippen LogP contribution in [0.4, 0.5) is 0 Å². The highest BCUT2D eigenvalue weighted by atomic mass is 35.5. The van der Waals surface area contributed by atoms with Crippen LogP contribution in [0.1, 0.15) is 102 Å². The molecular weight excluding hydrogens is 1020 g/mol. The molecule has 6 aromatic heterocycles. The van der Waals surface area contributed by atoms with Gasteiger partial charge in [-0.25, -0.2) is 23.4 Å². The highest BCUT2D eigenvalue weighted by molar-refractivity contribution is 7.90. The van der Waals surface area contributed by atoms with Crippen molar-refractivity contribution in [3.05, 3.63) is 190 Å². The van der Waals surface area contributed by atoms with E-state index in [9.17, 15) is 18.0 Å². The molecule has 74 heavy (non-hydrogen) atoms. The Hall–Kier alpha value is -7.10. The summed E-state index contributed by atoms with van der Waals surface area (Å²) in [6.07, 6.45) is 17.9. The Balaban J connectivity index is 0.000000145. The predicted molar refractivity (Wildman–Crippen MR) is 281 cm³/mol. The molecule has 0 radical (unpaired) electrons. The second-order valence-electron chi connectivity index (χ2n) is 17.1. The number of pyridine rings is 1. The summed E-state index contributed by atoms with van der Waals surface area (Å²) in [5.41, 5.74) is 13.9. The van der Waals surface area contributed by atoms with Gasteiger partial charge >= 0.3 is 5.97 Å². The number of nitrogens with one attached hydrogen (secondary N) is 1. The molecule has 1 aliphatic carbocycles. The van der Waals surface area contributed by atoms with E-state index in [-0.39, 0.29) is 40.9 Å². The number of rotatable bonds is 21. The smallest absolute Gasteiger partial charge is 0.303 e. The Kier molecular flexibility index (Phi) is 20.5. The molecule has 3 atom stereocenters. The Labute approximate surface area is 441 Å². The molecule has 386 valence electrons. The number of ether oxygens (including phenoxy) is 2. The highest BCUT2D eigenvalue weighted by Crippen LogP contribution is 2.40. The maximum atomic E-state index is 12.1. The maximum absolute atomic E-state index is 12.1. The number of carbonyl (C=O) groups excluding carboxylic acids is 1. The summed E-state index contributed by atoms with van der Waals surface area (Å²) in [4.78, 5) is 41.3. The molecule has 1 fully saturated rings. The summed E-state index contributed by atoms with van der Waals surface area (Å²) >= 11 is 8.91. The van der Waals surface area contributed by atoms with E-state index in [1.807, 2.05) is 60.2 Å². The van der Waals surface area contributed by atoms with Crippen molar-refractivity contribution in [3.63, 3.8) is 0 Å². The Morgan fingerprint density at radius 1 is 0.892 bits per heavy atom. The number of hydrogen-bond donors (Lipinski definition) is 3. The number of imidazole rings is 1. The number of methoxy groups -OCH3 is 1. The van der Waals surface area contributed by atoms with Gasteiger partial charge in [-0.15, -0.1) is 32.9 Å². The van der Waals surface area contributed by atoms with Gasteiger partial charge in [-0.05, 0) is 96.5 Å². The van der Waals surface area contributed by atoms with Crippen LogP contribution in [0.5, 0.6) is 5.75 Å². The van der Waals surface area contributed by atoms with E-state index in [4.69, 9.17) is 40.7 Å². The number of aromatic nitrogens is 7. The van der Waals surface area contributed by atoms with Crippen molar-refractivity contribution in [2.24, 2.45) is 11.7 Å². The molecule has 10 rings (SSSR count). The van der Waals surface area contributed by atoms with Gasteiger partial charge in [0.05, 0.1) is 66.2 Å². The number of aliphatic carboxylic acids is 1. The van der Waals surface area contributed by atoms with Gasteiger partial charge in [-0.1, -0.05) is 60.8 Å². The maximum Gasteiger partial charge on any atom is 0.303 e. The van der Waals surface area contributed by atoms with E-state index in [0.717, 1.165) is 46.2 Å². The second kappa shape index (κ2) is 27.8. The van der Waals surface area contributed by atoms with Gasteiger partial charge in [-0.3, -0.25) is 14.6 Å². The van der Waals surface area contributed by atoms with Crippen LogP contribution in [0.2, 0.25) is 5.02 Å². The number of aromatic amines is 1. The lowest BCUT2D eigenvalue weighted by Gasteiger charge is -2.18. The third kappa shape index (κ3) is 17.3. The second-order valence-corrected chi connectivity index (χ2v) is 21.3. The largest absolute Gasteiger partial charge is 0.495 e. The fourth-order valence-corrected chi connectivity index (χ4v) is 11.1. The topological polar surface area (TPSA) is 252 Å². The number of benzene rings is 3. The summed E-state index contributed by atoms with van der Waals surface area (Å²) in [7, 11) is -2.00. The molecule has 3 aromatic carbocycles. The van der Waals surface area contributed by atoms with Gasteiger partial charge in [0.1, 0.15) is 38.4 Å². The summed E-state index contributed by atoms with van der Waals surface area (Å²) in [6.45, 7) is 0.581. The number of amides is 1. The van der Waals surface area contributed by atoms with E-state index < -0.39 is 15.8 Å². The van der Waals surface area contributed by atoms with Gasteiger partial charge in [-0.2, -0.15) is 0 Å². The number of carboxylic acids is 1. The standard InChI is InChI=1S/C16H17N3OS.C15H14ClNO2.C12H14N2O3.C10H10N2O3S2/c1-2-11(1)5-15(20-8-13-7-17-9-18-13)12-3-4-14-16(6-12)21-10-19-14;16-13-5-1-3-11(9-13)14(6-7-15(18)19)12-4-2-8-17-10-12;13-12(15)4-3-9(11-7-14-8-17-11)6-10-2-1-5-16-10;1-15-8-4-2-3-5-9(8)17(13,14)6-10-12-11-7-16-10/h3-4,6-7,9-11,15H,1-2,5,8H2,(H,17,18);1-5,8-10,14H,6-7H2,(H,18,19);1-2,5,7-9H,3-4,6H2,(H2,13,15);2-5,7H,6H2,1H3. The van der Waals surface area contributed by atoms with E-state index in [2.05, 4.69) is 53.3 Å². The van der Waals surface area contributed by atoms with E-state index in [0.29, 0.717) is 48.1 Å². The third-order valence-electron chi connectivity index (χ3n) is 11.7. The Morgan fingerprint density at radius 3 is 2.42 bits per heavy atom. The first-order chi connectivity index (χ1) is 35.9. The molecule has 6 heterocycles. The zero-order valence-corrected chi connectivity index (χ0v) is 43.5. The zero-order valence-electron chi connectivity index (χ0n) is 40.3. The number of primary amides is 1. The number of oxazole rings is 1. The van der Waals surface area contributed by atoms with Crippen LogP contribution in [0, 0.1) is 5.92 Å². The highest BCUT2D eigenvalue weighted by Gasteiger charge is 2.27. The number of carboxylic acid groups (broad SMARTS) is 1. The van der Waals surface area contributed by atoms with Crippen LogP contribution in [-0.2, 0) is 42.9 Å². The molecule has 4 N–H and O–H groups in total. The quantitative estimate of drug-likeness (QED) is 0.0605. The van der Waals surface area contributed by atoms with E-state index >= 15 is 0 Å². The number of fused-ring (bicyclic) bond motifs is 1. The minimum absolute atomic E-state index is 0.00324. The van der Waals surface area contributed by atoms with Gasteiger partial charge in [0.2, 0.25) is 5.91 Å². The van der Waals surface area contributed by atoms with Crippen LogP contribution in [-0.4, -0.2) is 67.6 Å². The Morgan fingerprint density at radius 2 is 1.74 bits per heavy atom. The van der Waals surface area contributed by atoms with Gasteiger partial charge in [0.15, 0.2) is 16.2 Å². The minimum atomic E-state index is -3.44. The number of nitrogens with two attached hydrogens (primary N) is 1. The van der Waals surface area contributed by atoms with Crippen LogP contribution in [0.15, 0.2) is 160 Å². The Bertz CT molecular complexity index is 3170. The monoisotopic (exact) mass is 1080 g/mol. The average molecular weight is 1080 g/mol. The molecule has 17 nitrogen and oxygen atoms in total. The number of thiazole rings is 1. The van der Waals surface area contributed by atoms with Crippen LogP contribution < -0.4 is 10.5 Å². The molecule has 3 unspecified atom stereocenters. The van der Waals surface area contributed by atoms with Crippen molar-refractivity contribution in [1.29, 1.82) is 0 Å². The number of carbonyl (C=O) groups is 2. The lowest BCUT2D eigenvalue weighted by atomic mass is 9.88. The molecule has 21 heteroatoms. The summed E-state index contributed by atoms with van der Waals surface area (Å²) in [5.74, 6) is 1.59. The average Bonchev–Trinajstić information content (AvgIpc) is 4.13. The normalized spacial score (nSPS) is 13.2. The lowest BCUT2D eigenvalue weighted by molar-refractivity contribution is -0.137. The lowest BCUT2D eigenvalue weighted by Crippen LogP contribution is -2.13. The number of halogens is 1. The molecule has 1 amide bonds. The predicted octanol–water partition coefficient (Wildman–Crippen LogP) is 11.2. The first kappa shape index (κ1) is 54.7. The SMILES string of the molecule is COc1ccccc1S(=O)(=O)Cc1nncs1.NC(=O)CCC(Cc1ccco1)c1cnco1.O=C(O)CCC(c1cccnc1)c1cccc(Cl)c1.c1ncc(COC(CC2CC2)c2ccc3ncsc3c2)[nH]1. The van der Waals surface area contributed by atoms with Crippen molar-refractivity contribution in [2.75, 3.05) is 7.11 Å². The number of sulfone groups is 1. The van der Waals surface area contributed by atoms with Crippen LogP contribution in [0.3, 0.4) is 0 Å². The molecule has 9 aromatic rings. The third-order valence-corrected chi connectivity index (χ3v) is 15.3. The summed E-state index contributed by atoms with van der Waals surface area (Å²) in [6, 6.07) is 28.1. The number of H-pyrrole nitrogens is 1. The van der Waals surface area contributed by atoms with E-state index in [1.54, 1.807) is 60.7 Å². The molecular formula is C53H55ClN8O9S3. The number of nitrogens with zero attached hydrogens (tertiary/aromatic N) is 6. The number of para-hydroxylation sites is 1. The fraction of sp³-hybridized carbons (Fsp3) is 0.283. The van der Waals surface area contributed by atoms with Crippen LogP contribution in [0.25, 0.3) is 10.2 Å². The molecule has 0 spiro atoms. The molecule has 0 aliphatic heterocycles. The van der Waals surface area contributed by atoms with Gasteiger partial charge in [0, 0.05) is 48.5 Å². The molecule has 1 saturated carbocycles. The summed E-state index contributed by atoms with van der Waals surface area (Å²) in [5, 5.41) is 17.3.